The van der Waals surface area contributed by atoms with Crippen molar-refractivity contribution >= 4 is 32.6 Å². The highest BCUT2D eigenvalue weighted by Crippen LogP contribution is 2.37. The van der Waals surface area contributed by atoms with Crippen molar-refractivity contribution in [2.45, 2.75) is 19.4 Å². The normalized spacial score (nSPS) is 11.1. The topological polar surface area (TPSA) is 55.6 Å². The molecule has 0 atom stereocenters. The second kappa shape index (κ2) is 9.93. The number of rotatable bonds is 8. The van der Waals surface area contributed by atoms with Crippen molar-refractivity contribution in [3.05, 3.63) is 114 Å². The summed E-state index contributed by atoms with van der Waals surface area (Å²) in [7, 11) is 0. The summed E-state index contributed by atoms with van der Waals surface area (Å²) in [6.45, 7) is 2.78. The minimum Gasteiger partial charge on any atom is -0.492 e. The molecule has 0 saturated heterocycles. The van der Waals surface area contributed by atoms with E-state index in [4.69, 9.17) is 14.1 Å². The molecule has 0 spiro atoms. The van der Waals surface area contributed by atoms with Crippen LogP contribution in [0.4, 0.5) is 5.13 Å². The molecule has 0 aliphatic rings. The third kappa shape index (κ3) is 4.45. The van der Waals surface area contributed by atoms with Gasteiger partial charge in [-0.15, -0.1) is 0 Å². The Morgan fingerprint density at radius 3 is 2.26 bits per heavy atom. The molecule has 0 fully saturated rings. The van der Waals surface area contributed by atoms with E-state index in [1.54, 1.807) is 11.2 Å². The summed E-state index contributed by atoms with van der Waals surface area (Å²) in [4.78, 5) is 20.9. The van der Waals surface area contributed by atoms with Gasteiger partial charge >= 0.3 is 0 Å². The maximum Gasteiger partial charge on any atom is 0.241 e. The number of para-hydroxylation sites is 1. The summed E-state index contributed by atoms with van der Waals surface area (Å²) in [6.07, 6.45) is 1.62. The van der Waals surface area contributed by atoms with Gasteiger partial charge in [0.25, 0.3) is 0 Å². The first-order valence-corrected chi connectivity index (χ1v) is 12.0. The Morgan fingerprint density at radius 1 is 0.941 bits per heavy atom. The molecule has 5 aromatic rings. The van der Waals surface area contributed by atoms with Crippen LogP contribution in [0.15, 0.2) is 102 Å². The summed E-state index contributed by atoms with van der Waals surface area (Å²) < 4.78 is 12.4. The Labute approximate surface area is 202 Å². The van der Waals surface area contributed by atoms with E-state index in [9.17, 15) is 4.79 Å². The second-order valence-electron chi connectivity index (χ2n) is 7.79. The fourth-order valence-electron chi connectivity index (χ4n) is 4.02. The highest BCUT2D eigenvalue weighted by molar-refractivity contribution is 7.22. The molecule has 1 amide bonds. The second-order valence-corrected chi connectivity index (χ2v) is 8.80. The van der Waals surface area contributed by atoms with Crippen molar-refractivity contribution in [1.82, 2.24) is 4.98 Å². The lowest BCUT2D eigenvalue weighted by Crippen LogP contribution is -2.35. The Balaban J connectivity index is 1.62. The quantitative estimate of drug-likeness (QED) is 0.256. The zero-order valence-corrected chi connectivity index (χ0v) is 19.6. The largest absolute Gasteiger partial charge is 0.492 e. The van der Waals surface area contributed by atoms with Crippen molar-refractivity contribution < 1.29 is 13.9 Å². The monoisotopic (exact) mass is 468 g/mol. The molecule has 0 N–H and O–H groups in total. The lowest BCUT2D eigenvalue weighted by atomic mass is 9.90. The van der Waals surface area contributed by atoms with Gasteiger partial charge in [0, 0.05) is 0 Å². The molecule has 170 valence electrons. The summed E-state index contributed by atoms with van der Waals surface area (Å²) in [5, 5.41) is 0.611. The first-order valence-electron chi connectivity index (χ1n) is 11.2. The molecule has 0 aliphatic heterocycles. The van der Waals surface area contributed by atoms with Crippen LogP contribution in [-0.4, -0.2) is 17.5 Å². The Morgan fingerprint density at radius 2 is 1.65 bits per heavy atom. The number of hydrogen-bond acceptors (Lipinski definition) is 5. The van der Waals surface area contributed by atoms with Gasteiger partial charge in [-0.2, -0.15) is 0 Å². The molecule has 5 nitrogen and oxygen atoms in total. The number of benzene rings is 3. The Hall–Kier alpha value is -3.90. The van der Waals surface area contributed by atoms with Crippen LogP contribution < -0.4 is 9.64 Å². The van der Waals surface area contributed by atoms with Gasteiger partial charge in [-0.05, 0) is 42.3 Å². The van der Waals surface area contributed by atoms with E-state index in [0.717, 1.165) is 27.1 Å². The minimum absolute atomic E-state index is 0.0641. The highest BCUT2D eigenvalue weighted by Gasteiger charge is 2.31. The van der Waals surface area contributed by atoms with E-state index >= 15 is 0 Å². The van der Waals surface area contributed by atoms with E-state index in [-0.39, 0.29) is 12.5 Å². The number of furan rings is 1. The number of hydrogen-bond donors (Lipinski definition) is 0. The molecular weight excluding hydrogens is 444 g/mol. The smallest absolute Gasteiger partial charge is 0.241 e. The maximum absolute atomic E-state index is 14.3. The standard InChI is InChI=1S/C28H24N2O3S/c1-2-32-23-16-9-17-24-26(23)29-28(34-24)30(19-22-15-10-18-33-22)27(31)25(20-11-5-3-6-12-20)21-13-7-4-8-14-21/h3-18,25H,2,19H2,1H3. The number of amides is 1. The third-order valence-corrected chi connectivity index (χ3v) is 6.62. The average Bonchev–Trinajstić information content (AvgIpc) is 3.54. The van der Waals surface area contributed by atoms with E-state index in [2.05, 4.69) is 0 Å². The number of ether oxygens (including phenoxy) is 1. The third-order valence-electron chi connectivity index (χ3n) is 5.57. The van der Waals surface area contributed by atoms with E-state index < -0.39 is 5.92 Å². The highest BCUT2D eigenvalue weighted by atomic mass is 32.1. The first kappa shape index (κ1) is 21.9. The van der Waals surface area contributed by atoms with E-state index in [1.807, 2.05) is 97.9 Å². The molecule has 34 heavy (non-hydrogen) atoms. The molecule has 0 saturated carbocycles. The Kier molecular flexibility index (Phi) is 6.40. The molecule has 0 unspecified atom stereocenters. The fraction of sp³-hybridized carbons (Fsp3) is 0.143. The molecule has 3 aromatic carbocycles. The zero-order chi connectivity index (χ0) is 23.3. The van der Waals surface area contributed by atoms with Crippen LogP contribution in [0.25, 0.3) is 10.2 Å². The average molecular weight is 469 g/mol. The van der Waals surface area contributed by atoms with Gasteiger partial charge in [-0.1, -0.05) is 78.1 Å². The molecular formula is C28H24N2O3S. The minimum atomic E-state index is -0.476. The fourth-order valence-corrected chi connectivity index (χ4v) is 5.01. The first-order chi connectivity index (χ1) is 16.7. The van der Waals surface area contributed by atoms with Crippen molar-refractivity contribution in [1.29, 1.82) is 0 Å². The maximum atomic E-state index is 14.3. The lowest BCUT2D eigenvalue weighted by Gasteiger charge is -2.25. The van der Waals surface area contributed by atoms with Crippen LogP contribution >= 0.6 is 11.3 Å². The van der Waals surface area contributed by atoms with Crippen LogP contribution in [0.5, 0.6) is 5.75 Å². The molecule has 2 aromatic heterocycles. The molecule has 0 bridgehead atoms. The number of thiazole rings is 1. The molecule has 2 heterocycles. The predicted molar refractivity (Wildman–Crippen MR) is 135 cm³/mol. The number of carbonyl (C=O) groups excluding carboxylic acids is 1. The lowest BCUT2D eigenvalue weighted by molar-refractivity contribution is -0.119. The van der Waals surface area contributed by atoms with E-state index in [0.29, 0.717) is 17.5 Å². The van der Waals surface area contributed by atoms with Gasteiger partial charge in [0.15, 0.2) is 5.13 Å². The molecule has 6 heteroatoms. The molecule has 0 aliphatic carbocycles. The van der Waals surface area contributed by atoms with E-state index in [1.165, 1.54) is 11.3 Å². The number of anilines is 1. The number of nitrogens with zero attached hydrogens (tertiary/aromatic N) is 2. The Bertz CT molecular complexity index is 1330. The van der Waals surface area contributed by atoms with Crippen molar-refractivity contribution in [3.63, 3.8) is 0 Å². The zero-order valence-electron chi connectivity index (χ0n) is 18.8. The van der Waals surface area contributed by atoms with Gasteiger partial charge in [0.05, 0.1) is 30.0 Å². The van der Waals surface area contributed by atoms with Gasteiger partial charge in [-0.3, -0.25) is 9.69 Å². The van der Waals surface area contributed by atoms with Gasteiger partial charge < -0.3 is 9.15 Å². The molecule has 0 radical (unpaired) electrons. The summed E-state index contributed by atoms with van der Waals surface area (Å²) in [5.74, 6) is 0.870. The van der Waals surface area contributed by atoms with Crippen molar-refractivity contribution in [2.75, 3.05) is 11.5 Å². The molecule has 5 rings (SSSR count). The summed E-state index contributed by atoms with van der Waals surface area (Å²) in [6, 6.07) is 29.3. The van der Waals surface area contributed by atoms with Crippen molar-refractivity contribution in [2.24, 2.45) is 0 Å². The number of carbonyl (C=O) groups is 1. The van der Waals surface area contributed by atoms with Gasteiger partial charge in [-0.25, -0.2) is 4.98 Å². The van der Waals surface area contributed by atoms with Crippen LogP contribution in [0.3, 0.4) is 0 Å². The van der Waals surface area contributed by atoms with Crippen LogP contribution in [0.2, 0.25) is 0 Å². The SMILES string of the molecule is CCOc1cccc2sc(N(Cc3ccco3)C(=O)C(c3ccccc3)c3ccccc3)nc12. The number of aromatic nitrogens is 1. The van der Waals surface area contributed by atoms with Crippen LogP contribution in [-0.2, 0) is 11.3 Å². The van der Waals surface area contributed by atoms with Gasteiger partial charge in [0.1, 0.15) is 17.0 Å². The summed E-state index contributed by atoms with van der Waals surface area (Å²) >= 11 is 1.48. The van der Waals surface area contributed by atoms with Crippen LogP contribution in [0.1, 0.15) is 29.7 Å². The summed E-state index contributed by atoms with van der Waals surface area (Å²) in [5.41, 5.74) is 2.62. The van der Waals surface area contributed by atoms with Gasteiger partial charge in [0.2, 0.25) is 5.91 Å². The predicted octanol–water partition coefficient (Wildman–Crippen LogP) is 6.65. The van der Waals surface area contributed by atoms with Crippen LogP contribution in [0, 0.1) is 0 Å². The van der Waals surface area contributed by atoms with Crippen molar-refractivity contribution in [3.8, 4) is 5.75 Å². The number of fused-ring (bicyclic) bond motifs is 1.